The molecule has 0 unspecified atom stereocenters. The second kappa shape index (κ2) is 13.7. The van der Waals surface area contributed by atoms with Crippen molar-refractivity contribution < 1.29 is 22.7 Å². The van der Waals surface area contributed by atoms with Gasteiger partial charge in [0.25, 0.3) is 0 Å². The summed E-state index contributed by atoms with van der Waals surface area (Å²) in [5, 5.41) is 3.26. The van der Waals surface area contributed by atoms with Crippen LogP contribution in [0.5, 0.6) is 0 Å². The number of nitrogens with one attached hydrogen (secondary N) is 2. The van der Waals surface area contributed by atoms with Crippen molar-refractivity contribution in [3.63, 3.8) is 0 Å². The third kappa shape index (κ3) is 8.43. The Labute approximate surface area is 201 Å². The summed E-state index contributed by atoms with van der Waals surface area (Å²) in [7, 11) is -0.373. The molecule has 2 N–H and O–H groups in total. The topological polar surface area (TPSA) is 113 Å². The Morgan fingerprint density at radius 1 is 1.19 bits per heavy atom. The van der Waals surface area contributed by atoms with Crippen LogP contribution in [0.15, 0.2) is 34.2 Å². The molecule has 1 fully saturated rings. The minimum atomic E-state index is -3.59. The van der Waals surface area contributed by atoms with E-state index in [0.29, 0.717) is 51.9 Å². The number of carbonyl (C=O) groups is 1. The SMILES string of the molecule is CCOC(=O)N1CCN(C(=NC)NCc2cccc(S(=O)(=O)NCCOC)c2)CC1.I. The van der Waals surface area contributed by atoms with E-state index >= 15 is 0 Å². The smallest absolute Gasteiger partial charge is 0.409 e. The number of guanidine groups is 1. The number of aliphatic imine (C=N–C) groups is 1. The molecule has 1 aromatic carbocycles. The van der Waals surface area contributed by atoms with Gasteiger partial charge in [-0.3, -0.25) is 4.99 Å². The summed E-state index contributed by atoms with van der Waals surface area (Å²) < 4.78 is 37.2. The van der Waals surface area contributed by atoms with Gasteiger partial charge in [0.1, 0.15) is 0 Å². The number of hydrogen-bond donors (Lipinski definition) is 2. The van der Waals surface area contributed by atoms with E-state index < -0.39 is 10.0 Å². The maximum absolute atomic E-state index is 12.4. The number of halogens is 1. The Balaban J connectivity index is 0.00000480. The predicted octanol–water partition coefficient (Wildman–Crippen LogP) is 1.08. The summed E-state index contributed by atoms with van der Waals surface area (Å²) in [6.45, 7) is 5.47. The van der Waals surface area contributed by atoms with Crippen molar-refractivity contribution in [3.8, 4) is 0 Å². The first-order valence-electron chi connectivity index (χ1n) is 9.86. The first kappa shape index (κ1) is 27.4. The Bertz CT molecular complexity index is 829. The van der Waals surface area contributed by atoms with Crippen molar-refractivity contribution in [2.45, 2.75) is 18.4 Å². The van der Waals surface area contributed by atoms with Gasteiger partial charge in [-0.25, -0.2) is 17.9 Å². The quantitative estimate of drug-likeness (QED) is 0.209. The molecule has 1 saturated heterocycles. The normalized spacial score (nSPS) is 14.7. The molecule has 1 amide bonds. The van der Waals surface area contributed by atoms with E-state index in [2.05, 4.69) is 19.9 Å². The lowest BCUT2D eigenvalue weighted by Gasteiger charge is -2.35. The fourth-order valence-electron chi connectivity index (χ4n) is 3.01. The first-order chi connectivity index (χ1) is 14.4. The van der Waals surface area contributed by atoms with Crippen LogP contribution in [0.25, 0.3) is 0 Å². The van der Waals surface area contributed by atoms with Gasteiger partial charge in [-0.2, -0.15) is 0 Å². The molecule has 10 nitrogen and oxygen atoms in total. The van der Waals surface area contributed by atoms with Gasteiger partial charge in [-0.15, -0.1) is 24.0 Å². The third-order valence-electron chi connectivity index (χ3n) is 4.57. The van der Waals surface area contributed by atoms with Crippen molar-refractivity contribution >= 4 is 46.1 Å². The van der Waals surface area contributed by atoms with Gasteiger partial charge in [-0.1, -0.05) is 12.1 Å². The number of rotatable bonds is 8. The minimum absolute atomic E-state index is 0. The van der Waals surface area contributed by atoms with Crippen LogP contribution in [0.1, 0.15) is 12.5 Å². The van der Waals surface area contributed by atoms with Gasteiger partial charge < -0.3 is 24.6 Å². The lowest BCUT2D eigenvalue weighted by molar-refractivity contribution is 0.0914. The molecule has 0 aromatic heterocycles. The second-order valence-corrected chi connectivity index (χ2v) is 8.38. The van der Waals surface area contributed by atoms with Crippen LogP contribution >= 0.6 is 24.0 Å². The maximum atomic E-state index is 12.4. The third-order valence-corrected chi connectivity index (χ3v) is 6.03. The van der Waals surface area contributed by atoms with Crippen LogP contribution in [0.4, 0.5) is 4.79 Å². The molecular formula is C19H32IN5O5S. The van der Waals surface area contributed by atoms with Crippen LogP contribution in [0.2, 0.25) is 0 Å². The van der Waals surface area contributed by atoms with Crippen molar-refractivity contribution in [3.05, 3.63) is 29.8 Å². The van der Waals surface area contributed by atoms with Gasteiger partial charge in [-0.05, 0) is 24.6 Å². The van der Waals surface area contributed by atoms with Crippen molar-refractivity contribution in [1.29, 1.82) is 0 Å². The number of amides is 1. The summed E-state index contributed by atoms with van der Waals surface area (Å²) in [6, 6.07) is 6.76. The molecule has 31 heavy (non-hydrogen) atoms. The van der Waals surface area contributed by atoms with E-state index in [1.54, 1.807) is 37.1 Å². The molecule has 176 valence electrons. The number of methoxy groups -OCH3 is 1. The van der Waals surface area contributed by atoms with E-state index in [1.165, 1.54) is 7.11 Å². The number of ether oxygens (including phenoxy) is 2. The predicted molar refractivity (Wildman–Crippen MR) is 129 cm³/mol. The van der Waals surface area contributed by atoms with E-state index in [1.807, 2.05) is 6.07 Å². The highest BCUT2D eigenvalue weighted by atomic mass is 127. The van der Waals surface area contributed by atoms with Gasteiger partial charge >= 0.3 is 6.09 Å². The molecule has 0 aliphatic carbocycles. The molecule has 0 spiro atoms. The van der Waals surface area contributed by atoms with Crippen molar-refractivity contribution in [2.24, 2.45) is 4.99 Å². The molecule has 1 aliphatic rings. The van der Waals surface area contributed by atoms with Crippen LogP contribution in [0.3, 0.4) is 0 Å². The monoisotopic (exact) mass is 569 g/mol. The number of piperazine rings is 1. The Morgan fingerprint density at radius 2 is 1.87 bits per heavy atom. The number of benzene rings is 1. The molecule has 0 radical (unpaired) electrons. The molecule has 0 saturated carbocycles. The molecule has 0 bridgehead atoms. The fraction of sp³-hybridized carbons (Fsp3) is 0.579. The highest BCUT2D eigenvalue weighted by molar-refractivity contribution is 14.0. The zero-order chi connectivity index (χ0) is 22.0. The number of carbonyl (C=O) groups excluding carboxylic acids is 1. The largest absolute Gasteiger partial charge is 0.450 e. The summed E-state index contributed by atoms with van der Waals surface area (Å²) >= 11 is 0. The standard InChI is InChI=1S/C19H31N5O5S.HI/c1-4-29-19(25)24-11-9-23(10-12-24)18(20-2)21-15-16-6-5-7-17(14-16)30(26,27)22-8-13-28-3;/h5-7,14,22H,4,8-13,15H2,1-3H3,(H,20,21);1H. The first-order valence-corrected chi connectivity index (χ1v) is 11.3. The molecule has 2 rings (SSSR count). The lowest BCUT2D eigenvalue weighted by Crippen LogP contribution is -2.53. The molecular weight excluding hydrogens is 537 g/mol. The highest BCUT2D eigenvalue weighted by Crippen LogP contribution is 2.12. The van der Waals surface area contributed by atoms with Crippen LogP contribution in [0, 0.1) is 0 Å². The van der Waals surface area contributed by atoms with Gasteiger partial charge in [0.15, 0.2) is 5.96 Å². The Kier molecular flexibility index (Phi) is 12.1. The van der Waals surface area contributed by atoms with Crippen molar-refractivity contribution in [2.75, 3.05) is 60.1 Å². The van der Waals surface area contributed by atoms with E-state index in [4.69, 9.17) is 9.47 Å². The van der Waals surface area contributed by atoms with Gasteiger partial charge in [0.2, 0.25) is 10.0 Å². The summed E-state index contributed by atoms with van der Waals surface area (Å²) in [6.07, 6.45) is -0.294. The van der Waals surface area contributed by atoms with Crippen LogP contribution in [-0.4, -0.2) is 90.4 Å². The summed E-state index contributed by atoms with van der Waals surface area (Å²) in [4.78, 5) is 20.1. The number of nitrogens with zero attached hydrogens (tertiary/aromatic N) is 3. The average Bonchev–Trinajstić information content (AvgIpc) is 2.75. The molecule has 1 aromatic rings. The Morgan fingerprint density at radius 3 is 2.48 bits per heavy atom. The number of hydrogen-bond acceptors (Lipinski definition) is 6. The number of sulfonamides is 1. The van der Waals surface area contributed by atoms with E-state index in [9.17, 15) is 13.2 Å². The van der Waals surface area contributed by atoms with Crippen LogP contribution < -0.4 is 10.0 Å². The lowest BCUT2D eigenvalue weighted by atomic mass is 10.2. The fourth-order valence-corrected chi connectivity index (χ4v) is 4.10. The van der Waals surface area contributed by atoms with E-state index in [-0.39, 0.29) is 41.5 Å². The average molecular weight is 569 g/mol. The van der Waals surface area contributed by atoms with Crippen molar-refractivity contribution in [1.82, 2.24) is 19.8 Å². The maximum Gasteiger partial charge on any atom is 0.409 e. The van der Waals surface area contributed by atoms with E-state index in [0.717, 1.165) is 5.56 Å². The highest BCUT2D eigenvalue weighted by Gasteiger charge is 2.23. The second-order valence-electron chi connectivity index (χ2n) is 6.61. The zero-order valence-electron chi connectivity index (χ0n) is 18.2. The van der Waals surface area contributed by atoms with Gasteiger partial charge in [0, 0.05) is 53.4 Å². The minimum Gasteiger partial charge on any atom is -0.450 e. The summed E-state index contributed by atoms with van der Waals surface area (Å²) in [5.41, 5.74) is 0.816. The van der Waals surface area contributed by atoms with Gasteiger partial charge in [0.05, 0.1) is 18.1 Å². The molecule has 1 aliphatic heterocycles. The molecule has 0 atom stereocenters. The van der Waals surface area contributed by atoms with Crippen LogP contribution in [-0.2, 0) is 26.0 Å². The molecule has 1 heterocycles. The zero-order valence-corrected chi connectivity index (χ0v) is 21.3. The Hall–Kier alpha value is -1.64. The summed E-state index contributed by atoms with van der Waals surface area (Å²) in [5.74, 6) is 0.699. The molecule has 12 heteroatoms.